The van der Waals surface area contributed by atoms with Gasteiger partial charge in [-0.15, -0.1) is 0 Å². The van der Waals surface area contributed by atoms with Gasteiger partial charge in [0.15, 0.2) is 0 Å². The molecule has 102 valence electrons. The SMILES string of the molecule is CCCCCCCCc1ccc(C)c2ccccc12. The summed E-state index contributed by atoms with van der Waals surface area (Å²) in [6.07, 6.45) is 9.48. The summed E-state index contributed by atoms with van der Waals surface area (Å²) in [5, 5.41) is 2.88. The molecule has 0 fully saturated rings. The molecule has 0 N–H and O–H groups in total. The Morgan fingerprint density at radius 2 is 1.42 bits per heavy atom. The first-order chi connectivity index (χ1) is 9.33. The maximum absolute atomic E-state index is 2.32. The Kier molecular flexibility index (Phi) is 5.44. The lowest BCUT2D eigenvalue weighted by Gasteiger charge is -2.09. The summed E-state index contributed by atoms with van der Waals surface area (Å²) in [5.74, 6) is 0. The van der Waals surface area contributed by atoms with Crippen molar-refractivity contribution in [2.24, 2.45) is 0 Å². The van der Waals surface area contributed by atoms with Crippen LogP contribution in [0.1, 0.15) is 56.6 Å². The highest BCUT2D eigenvalue weighted by atomic mass is 14.1. The number of aryl methyl sites for hydroxylation is 2. The first-order valence-corrected chi connectivity index (χ1v) is 7.80. The van der Waals surface area contributed by atoms with Gasteiger partial charge in [-0.1, -0.05) is 75.4 Å². The highest BCUT2D eigenvalue weighted by Crippen LogP contribution is 2.23. The van der Waals surface area contributed by atoms with Crippen LogP contribution in [0.3, 0.4) is 0 Å². The third-order valence-electron chi connectivity index (χ3n) is 4.03. The van der Waals surface area contributed by atoms with Crippen LogP contribution < -0.4 is 0 Å². The van der Waals surface area contributed by atoms with Crippen molar-refractivity contribution in [1.82, 2.24) is 0 Å². The Bertz CT molecular complexity index is 510. The quantitative estimate of drug-likeness (QED) is 0.527. The smallest absolute Gasteiger partial charge is 0.0149 e. The Labute approximate surface area is 117 Å². The van der Waals surface area contributed by atoms with Gasteiger partial charge in [0, 0.05) is 0 Å². The highest BCUT2D eigenvalue weighted by molar-refractivity contribution is 5.88. The van der Waals surface area contributed by atoms with E-state index < -0.39 is 0 Å². The second-order valence-electron chi connectivity index (χ2n) is 5.60. The summed E-state index contributed by atoms with van der Waals surface area (Å²) in [6.45, 7) is 4.48. The summed E-state index contributed by atoms with van der Waals surface area (Å²) < 4.78 is 0. The van der Waals surface area contributed by atoms with Crippen LogP contribution in [0, 0.1) is 6.92 Å². The van der Waals surface area contributed by atoms with Crippen LogP contribution in [0.4, 0.5) is 0 Å². The first kappa shape index (κ1) is 14.1. The van der Waals surface area contributed by atoms with Crippen molar-refractivity contribution in [1.29, 1.82) is 0 Å². The van der Waals surface area contributed by atoms with Crippen molar-refractivity contribution in [2.45, 2.75) is 58.8 Å². The van der Waals surface area contributed by atoms with E-state index in [1.807, 2.05) is 0 Å². The largest absolute Gasteiger partial charge is 0.0654 e. The molecule has 0 nitrogen and oxygen atoms in total. The zero-order valence-corrected chi connectivity index (χ0v) is 12.4. The van der Waals surface area contributed by atoms with E-state index in [1.54, 1.807) is 0 Å². The van der Waals surface area contributed by atoms with Gasteiger partial charge in [-0.3, -0.25) is 0 Å². The fraction of sp³-hybridized carbons (Fsp3) is 0.474. The first-order valence-electron chi connectivity index (χ1n) is 7.80. The molecule has 2 rings (SSSR count). The number of fused-ring (bicyclic) bond motifs is 1. The summed E-state index contributed by atoms with van der Waals surface area (Å²) in [4.78, 5) is 0. The van der Waals surface area contributed by atoms with Gasteiger partial charge in [0.25, 0.3) is 0 Å². The lowest BCUT2D eigenvalue weighted by molar-refractivity contribution is 0.608. The summed E-state index contributed by atoms with van der Waals surface area (Å²) in [5.41, 5.74) is 2.92. The molecule has 0 saturated carbocycles. The second-order valence-corrected chi connectivity index (χ2v) is 5.60. The van der Waals surface area contributed by atoms with Crippen molar-refractivity contribution in [3.8, 4) is 0 Å². The maximum Gasteiger partial charge on any atom is -0.0149 e. The van der Waals surface area contributed by atoms with Gasteiger partial charge >= 0.3 is 0 Å². The molecule has 0 saturated heterocycles. The fourth-order valence-corrected chi connectivity index (χ4v) is 2.83. The van der Waals surface area contributed by atoms with Gasteiger partial charge in [0.2, 0.25) is 0 Å². The molecule has 0 amide bonds. The minimum absolute atomic E-state index is 1.23. The predicted molar refractivity (Wildman–Crippen MR) is 85.8 cm³/mol. The van der Waals surface area contributed by atoms with Crippen LogP contribution in [0.25, 0.3) is 10.8 Å². The van der Waals surface area contributed by atoms with Crippen LogP contribution in [0.5, 0.6) is 0 Å². The number of rotatable bonds is 7. The molecule has 0 heteroatoms. The molecule has 0 radical (unpaired) electrons. The Balaban J connectivity index is 1.96. The molecule has 19 heavy (non-hydrogen) atoms. The Hall–Kier alpha value is -1.30. The predicted octanol–water partition coefficient (Wildman–Crippen LogP) is 6.05. The topological polar surface area (TPSA) is 0 Å². The molecule has 0 bridgehead atoms. The molecule has 0 heterocycles. The highest BCUT2D eigenvalue weighted by Gasteiger charge is 2.02. The molecule has 0 aliphatic carbocycles. The second kappa shape index (κ2) is 7.33. The van der Waals surface area contributed by atoms with Gasteiger partial charge in [-0.2, -0.15) is 0 Å². The van der Waals surface area contributed by atoms with E-state index in [1.165, 1.54) is 66.8 Å². The van der Waals surface area contributed by atoms with Gasteiger partial charge in [-0.25, -0.2) is 0 Å². The van der Waals surface area contributed by atoms with E-state index in [4.69, 9.17) is 0 Å². The number of hydrogen-bond acceptors (Lipinski definition) is 0. The lowest BCUT2D eigenvalue weighted by atomic mass is 9.96. The van der Waals surface area contributed by atoms with E-state index in [-0.39, 0.29) is 0 Å². The van der Waals surface area contributed by atoms with Gasteiger partial charge in [0.05, 0.1) is 0 Å². The third kappa shape index (κ3) is 3.83. The number of benzene rings is 2. The molecule has 0 aliphatic heterocycles. The van der Waals surface area contributed by atoms with E-state index in [9.17, 15) is 0 Å². The zero-order chi connectivity index (χ0) is 13.5. The number of unbranched alkanes of at least 4 members (excludes halogenated alkanes) is 5. The monoisotopic (exact) mass is 254 g/mol. The van der Waals surface area contributed by atoms with E-state index >= 15 is 0 Å². The minimum atomic E-state index is 1.23. The molecule has 2 aromatic carbocycles. The minimum Gasteiger partial charge on any atom is -0.0654 e. The summed E-state index contributed by atoms with van der Waals surface area (Å²) in [7, 11) is 0. The van der Waals surface area contributed by atoms with Gasteiger partial charge in [0.1, 0.15) is 0 Å². The molecule has 2 aromatic rings. The Morgan fingerprint density at radius 3 is 2.21 bits per heavy atom. The molecule has 0 spiro atoms. The normalized spacial score (nSPS) is 11.1. The zero-order valence-electron chi connectivity index (χ0n) is 12.4. The van der Waals surface area contributed by atoms with Crippen molar-refractivity contribution >= 4 is 10.8 Å². The van der Waals surface area contributed by atoms with Crippen LogP contribution in [-0.4, -0.2) is 0 Å². The average molecular weight is 254 g/mol. The molecular weight excluding hydrogens is 228 g/mol. The molecule has 0 atom stereocenters. The van der Waals surface area contributed by atoms with Gasteiger partial charge in [-0.05, 0) is 41.7 Å². The maximum atomic E-state index is 2.32. The van der Waals surface area contributed by atoms with Crippen LogP contribution in [0.2, 0.25) is 0 Å². The van der Waals surface area contributed by atoms with Crippen LogP contribution >= 0.6 is 0 Å². The average Bonchev–Trinajstić information content (AvgIpc) is 2.45. The van der Waals surface area contributed by atoms with Crippen molar-refractivity contribution in [3.05, 3.63) is 47.5 Å². The van der Waals surface area contributed by atoms with Crippen molar-refractivity contribution in [2.75, 3.05) is 0 Å². The Morgan fingerprint density at radius 1 is 0.737 bits per heavy atom. The molecular formula is C19H26. The van der Waals surface area contributed by atoms with Gasteiger partial charge < -0.3 is 0 Å². The molecule has 0 aliphatic rings. The summed E-state index contributed by atoms with van der Waals surface area (Å²) in [6, 6.07) is 13.4. The van der Waals surface area contributed by atoms with E-state index in [2.05, 4.69) is 50.2 Å². The third-order valence-corrected chi connectivity index (χ3v) is 4.03. The van der Waals surface area contributed by atoms with Crippen LogP contribution in [0.15, 0.2) is 36.4 Å². The number of hydrogen-bond donors (Lipinski definition) is 0. The van der Waals surface area contributed by atoms with Crippen LogP contribution in [-0.2, 0) is 6.42 Å². The van der Waals surface area contributed by atoms with Crippen molar-refractivity contribution < 1.29 is 0 Å². The van der Waals surface area contributed by atoms with Crippen molar-refractivity contribution in [3.63, 3.8) is 0 Å². The molecule has 0 unspecified atom stereocenters. The molecule has 0 aromatic heterocycles. The lowest BCUT2D eigenvalue weighted by Crippen LogP contribution is -1.90. The standard InChI is InChI=1S/C19H26/c1-3-4-5-6-7-8-11-17-15-14-16(2)18-12-9-10-13-19(17)18/h9-10,12-15H,3-8,11H2,1-2H3. The summed E-state index contributed by atoms with van der Waals surface area (Å²) >= 11 is 0. The fourth-order valence-electron chi connectivity index (χ4n) is 2.83. The van der Waals surface area contributed by atoms with E-state index in [0.717, 1.165) is 0 Å². The van der Waals surface area contributed by atoms with E-state index in [0.29, 0.717) is 0 Å².